The normalized spacial score (nSPS) is 14.5. The molecule has 218 valence electrons. The predicted molar refractivity (Wildman–Crippen MR) is 148 cm³/mol. The molecular formula is C27H27F3N4O5S2. The van der Waals surface area contributed by atoms with E-state index in [0.29, 0.717) is 11.6 Å². The van der Waals surface area contributed by atoms with Gasteiger partial charge in [0, 0.05) is 12.1 Å². The van der Waals surface area contributed by atoms with Crippen molar-refractivity contribution in [2.75, 3.05) is 17.1 Å². The van der Waals surface area contributed by atoms with E-state index in [2.05, 4.69) is 19.8 Å². The standard InChI is InChI=1S/C27H27F3N4O5S2/c1-16-24(40-26(32-16)33-19-7-5-3-4-6-8-19)17-10-12-21(38-2)23(13-17)41(36,37)34-20-11-9-18(15-31)22(14-20)39-25(35)27(28,29)30/h9-14,19,34H,3-8H2,1-2H3,(H,32,33). The van der Waals surface area contributed by atoms with E-state index in [4.69, 9.17) is 4.74 Å². The lowest BCUT2D eigenvalue weighted by molar-refractivity contribution is -0.189. The van der Waals surface area contributed by atoms with Gasteiger partial charge in [-0.2, -0.15) is 18.4 Å². The number of esters is 1. The van der Waals surface area contributed by atoms with Gasteiger partial charge in [0.1, 0.15) is 16.7 Å². The second-order valence-corrected chi connectivity index (χ2v) is 12.1. The fourth-order valence-corrected chi connectivity index (χ4v) is 6.77. The summed E-state index contributed by atoms with van der Waals surface area (Å²) in [7, 11) is -3.06. The molecular weight excluding hydrogens is 581 g/mol. The van der Waals surface area contributed by atoms with Crippen LogP contribution in [0.2, 0.25) is 0 Å². The highest BCUT2D eigenvalue weighted by molar-refractivity contribution is 7.92. The number of sulfonamides is 1. The molecule has 1 heterocycles. The third kappa shape index (κ3) is 7.28. The van der Waals surface area contributed by atoms with Crippen LogP contribution in [0.1, 0.15) is 49.8 Å². The van der Waals surface area contributed by atoms with Gasteiger partial charge in [0.05, 0.1) is 28.9 Å². The predicted octanol–water partition coefficient (Wildman–Crippen LogP) is 6.40. The molecule has 41 heavy (non-hydrogen) atoms. The number of nitriles is 1. The number of carbonyl (C=O) groups is 1. The van der Waals surface area contributed by atoms with E-state index in [0.717, 1.165) is 59.6 Å². The topological polar surface area (TPSA) is 130 Å². The number of alkyl halides is 3. The summed E-state index contributed by atoms with van der Waals surface area (Å²) in [6.07, 6.45) is 1.59. The van der Waals surface area contributed by atoms with Crippen LogP contribution in [0.4, 0.5) is 24.0 Å². The van der Waals surface area contributed by atoms with Crippen molar-refractivity contribution in [1.29, 1.82) is 5.26 Å². The van der Waals surface area contributed by atoms with Gasteiger partial charge >= 0.3 is 12.1 Å². The highest BCUT2D eigenvalue weighted by Gasteiger charge is 2.41. The molecule has 0 bridgehead atoms. The number of aromatic nitrogens is 1. The first-order valence-electron chi connectivity index (χ1n) is 12.7. The van der Waals surface area contributed by atoms with E-state index in [9.17, 15) is 31.6 Å². The zero-order valence-corrected chi connectivity index (χ0v) is 23.8. The number of nitrogens with zero attached hydrogens (tertiary/aromatic N) is 2. The summed E-state index contributed by atoms with van der Waals surface area (Å²) >= 11 is 1.41. The van der Waals surface area contributed by atoms with Gasteiger partial charge in [0.2, 0.25) is 0 Å². The van der Waals surface area contributed by atoms with Crippen LogP contribution in [-0.4, -0.2) is 38.7 Å². The Labute approximate surface area is 239 Å². The third-order valence-electron chi connectivity index (χ3n) is 6.48. The molecule has 2 aromatic carbocycles. The lowest BCUT2D eigenvalue weighted by Crippen LogP contribution is -2.28. The maximum atomic E-state index is 13.4. The van der Waals surface area contributed by atoms with E-state index < -0.39 is 27.9 Å². The van der Waals surface area contributed by atoms with Gasteiger partial charge in [-0.05, 0) is 55.7 Å². The summed E-state index contributed by atoms with van der Waals surface area (Å²) in [6, 6.07) is 9.59. The number of benzene rings is 2. The average Bonchev–Trinajstić information content (AvgIpc) is 3.10. The van der Waals surface area contributed by atoms with Crippen LogP contribution < -0.4 is 19.5 Å². The summed E-state index contributed by atoms with van der Waals surface area (Å²) in [4.78, 5) is 16.5. The molecule has 3 aromatic rings. The minimum absolute atomic E-state index is 0.0255. The maximum Gasteiger partial charge on any atom is 0.491 e. The lowest BCUT2D eigenvalue weighted by Gasteiger charge is -2.15. The number of rotatable bonds is 8. The Kier molecular flexibility index (Phi) is 9.08. The fourth-order valence-electron chi connectivity index (χ4n) is 4.48. The molecule has 14 heteroatoms. The van der Waals surface area contributed by atoms with Crippen molar-refractivity contribution < 1.29 is 35.9 Å². The molecule has 1 aliphatic rings. The molecule has 1 saturated carbocycles. The SMILES string of the molecule is COc1ccc(-c2sc(NC3CCCCCC3)nc2C)cc1S(=O)(=O)Nc1ccc(C#N)c(OC(=O)C(F)(F)F)c1. The van der Waals surface area contributed by atoms with E-state index in [1.54, 1.807) is 12.1 Å². The number of methoxy groups -OCH3 is 1. The molecule has 0 radical (unpaired) electrons. The Hall–Kier alpha value is -3.83. The first-order chi connectivity index (χ1) is 19.4. The Morgan fingerprint density at radius 1 is 1.10 bits per heavy atom. The molecule has 0 spiro atoms. The Balaban J connectivity index is 1.63. The first-order valence-corrected chi connectivity index (χ1v) is 15.0. The van der Waals surface area contributed by atoms with Crippen molar-refractivity contribution in [3.05, 3.63) is 47.7 Å². The van der Waals surface area contributed by atoms with Gasteiger partial charge in [-0.3, -0.25) is 4.72 Å². The van der Waals surface area contributed by atoms with Crippen LogP contribution in [-0.2, 0) is 14.8 Å². The minimum Gasteiger partial charge on any atom is -0.495 e. The molecule has 1 fully saturated rings. The van der Waals surface area contributed by atoms with Crippen molar-refractivity contribution in [1.82, 2.24) is 4.98 Å². The smallest absolute Gasteiger partial charge is 0.491 e. The summed E-state index contributed by atoms with van der Waals surface area (Å²) < 4.78 is 76.8. The van der Waals surface area contributed by atoms with Crippen LogP contribution in [0.3, 0.4) is 0 Å². The molecule has 0 aliphatic heterocycles. The molecule has 1 aliphatic carbocycles. The van der Waals surface area contributed by atoms with Crippen LogP contribution in [0.5, 0.6) is 11.5 Å². The number of nitrogens with one attached hydrogen (secondary N) is 2. The van der Waals surface area contributed by atoms with Crippen LogP contribution in [0, 0.1) is 18.3 Å². The van der Waals surface area contributed by atoms with Gasteiger partial charge in [0.15, 0.2) is 10.9 Å². The van der Waals surface area contributed by atoms with Crippen molar-refractivity contribution in [3.63, 3.8) is 0 Å². The molecule has 0 unspecified atom stereocenters. The number of anilines is 2. The average molecular weight is 609 g/mol. The quantitative estimate of drug-likeness (QED) is 0.171. The Bertz CT molecular complexity index is 1570. The summed E-state index contributed by atoms with van der Waals surface area (Å²) in [5.41, 5.74) is 0.676. The Morgan fingerprint density at radius 3 is 2.44 bits per heavy atom. The lowest BCUT2D eigenvalue weighted by atomic mass is 10.1. The molecule has 0 saturated heterocycles. The van der Waals surface area contributed by atoms with Gasteiger partial charge in [-0.15, -0.1) is 0 Å². The number of aryl methyl sites for hydroxylation is 1. The van der Waals surface area contributed by atoms with Crippen molar-refractivity contribution in [2.45, 2.75) is 62.6 Å². The summed E-state index contributed by atoms with van der Waals surface area (Å²) in [5.74, 6) is -3.27. The van der Waals surface area contributed by atoms with Crippen LogP contribution >= 0.6 is 11.3 Å². The zero-order valence-electron chi connectivity index (χ0n) is 22.2. The van der Waals surface area contributed by atoms with Crippen molar-refractivity contribution in [2.24, 2.45) is 0 Å². The van der Waals surface area contributed by atoms with E-state index in [-0.39, 0.29) is 21.9 Å². The summed E-state index contributed by atoms with van der Waals surface area (Å²) in [6.45, 7) is 1.83. The van der Waals surface area contributed by atoms with E-state index >= 15 is 0 Å². The molecule has 0 atom stereocenters. The fraction of sp³-hybridized carbons (Fsp3) is 0.370. The number of carbonyl (C=O) groups excluding carboxylic acids is 1. The zero-order chi connectivity index (χ0) is 29.8. The second-order valence-electron chi connectivity index (χ2n) is 9.45. The monoisotopic (exact) mass is 608 g/mol. The van der Waals surface area contributed by atoms with Gasteiger partial charge in [0.25, 0.3) is 10.0 Å². The Morgan fingerprint density at radius 2 is 1.80 bits per heavy atom. The van der Waals surface area contributed by atoms with E-state index in [1.165, 1.54) is 43.4 Å². The number of hydrogen-bond donors (Lipinski definition) is 2. The third-order valence-corrected chi connectivity index (χ3v) is 9.02. The molecule has 4 rings (SSSR count). The highest BCUT2D eigenvalue weighted by atomic mass is 32.2. The largest absolute Gasteiger partial charge is 0.495 e. The highest BCUT2D eigenvalue weighted by Crippen LogP contribution is 2.38. The van der Waals surface area contributed by atoms with E-state index in [1.807, 2.05) is 6.92 Å². The minimum atomic E-state index is -5.31. The van der Waals surface area contributed by atoms with Crippen LogP contribution in [0.25, 0.3) is 10.4 Å². The van der Waals surface area contributed by atoms with Crippen molar-refractivity contribution >= 4 is 38.1 Å². The van der Waals surface area contributed by atoms with Gasteiger partial charge < -0.3 is 14.8 Å². The first kappa shape index (κ1) is 30.1. The molecule has 0 amide bonds. The number of halogens is 3. The second kappa shape index (κ2) is 12.4. The molecule has 1 aromatic heterocycles. The molecule has 9 nitrogen and oxygen atoms in total. The number of thiazole rings is 1. The van der Waals surface area contributed by atoms with Crippen molar-refractivity contribution in [3.8, 4) is 28.0 Å². The number of hydrogen-bond acceptors (Lipinski definition) is 9. The van der Waals surface area contributed by atoms with Gasteiger partial charge in [-0.25, -0.2) is 18.2 Å². The van der Waals surface area contributed by atoms with Crippen LogP contribution in [0.15, 0.2) is 41.3 Å². The summed E-state index contributed by atoms with van der Waals surface area (Å²) in [5, 5.41) is 13.4. The number of ether oxygens (including phenoxy) is 2. The maximum absolute atomic E-state index is 13.4. The molecule has 2 N–H and O–H groups in total. The van der Waals surface area contributed by atoms with Gasteiger partial charge in [-0.1, -0.05) is 37.0 Å².